The molecular formula is C19H25ClN4O. The summed E-state index contributed by atoms with van der Waals surface area (Å²) in [5.41, 5.74) is 1.98. The molecule has 5 nitrogen and oxygen atoms in total. The molecule has 2 aliphatic rings. The SMILES string of the molecule is O=C(C1CCN(Cc2cn3cc(Cl)ccc3n2)CC1)N1CCCCC1. The van der Waals surface area contributed by atoms with E-state index >= 15 is 0 Å². The number of fused-ring (bicyclic) bond motifs is 1. The number of carbonyl (C=O) groups is 1. The number of carbonyl (C=O) groups excluding carboxylic acids is 1. The first-order valence-corrected chi connectivity index (χ1v) is 9.71. The van der Waals surface area contributed by atoms with Crippen molar-refractivity contribution < 1.29 is 4.79 Å². The number of pyridine rings is 1. The van der Waals surface area contributed by atoms with Gasteiger partial charge in [0.15, 0.2) is 0 Å². The van der Waals surface area contributed by atoms with Crippen molar-refractivity contribution in [3.63, 3.8) is 0 Å². The summed E-state index contributed by atoms with van der Waals surface area (Å²) >= 11 is 6.03. The Morgan fingerprint density at radius 2 is 1.84 bits per heavy atom. The molecule has 4 rings (SSSR count). The molecule has 2 aromatic heterocycles. The Hall–Kier alpha value is -1.59. The Labute approximate surface area is 153 Å². The lowest BCUT2D eigenvalue weighted by molar-refractivity contribution is -0.138. The van der Waals surface area contributed by atoms with Crippen LogP contribution in [0.4, 0.5) is 0 Å². The van der Waals surface area contributed by atoms with E-state index in [-0.39, 0.29) is 5.92 Å². The molecule has 2 aromatic rings. The third kappa shape index (κ3) is 3.82. The smallest absolute Gasteiger partial charge is 0.225 e. The molecule has 0 atom stereocenters. The van der Waals surface area contributed by atoms with Crippen LogP contribution in [0.2, 0.25) is 5.02 Å². The highest BCUT2D eigenvalue weighted by Crippen LogP contribution is 2.23. The van der Waals surface area contributed by atoms with Crippen LogP contribution in [0.3, 0.4) is 0 Å². The maximum Gasteiger partial charge on any atom is 0.225 e. The Morgan fingerprint density at radius 3 is 2.60 bits per heavy atom. The van der Waals surface area contributed by atoms with Gasteiger partial charge in [-0.25, -0.2) is 4.98 Å². The number of halogens is 1. The van der Waals surface area contributed by atoms with Crippen LogP contribution < -0.4 is 0 Å². The summed E-state index contributed by atoms with van der Waals surface area (Å²) in [5, 5.41) is 0.716. The van der Waals surface area contributed by atoms with Crippen molar-refractivity contribution in [3.8, 4) is 0 Å². The molecule has 0 saturated carbocycles. The van der Waals surface area contributed by atoms with Gasteiger partial charge in [-0.15, -0.1) is 0 Å². The quantitative estimate of drug-likeness (QED) is 0.843. The van der Waals surface area contributed by atoms with E-state index in [9.17, 15) is 4.79 Å². The van der Waals surface area contributed by atoms with Gasteiger partial charge in [0.1, 0.15) is 5.65 Å². The van der Waals surface area contributed by atoms with Gasteiger partial charge in [0.05, 0.1) is 10.7 Å². The molecule has 0 aliphatic carbocycles. The van der Waals surface area contributed by atoms with Crippen molar-refractivity contribution in [2.45, 2.75) is 38.6 Å². The van der Waals surface area contributed by atoms with Crippen molar-refractivity contribution in [1.29, 1.82) is 0 Å². The predicted octanol–water partition coefficient (Wildman–Crippen LogP) is 3.21. The Kier molecular flexibility index (Phi) is 4.95. The highest BCUT2D eigenvalue weighted by molar-refractivity contribution is 6.30. The number of nitrogens with zero attached hydrogens (tertiary/aromatic N) is 4. The second-order valence-electron chi connectivity index (χ2n) is 7.28. The fourth-order valence-electron chi connectivity index (χ4n) is 4.03. The van der Waals surface area contributed by atoms with Crippen LogP contribution in [0.1, 0.15) is 37.8 Å². The van der Waals surface area contributed by atoms with E-state index in [0.717, 1.165) is 56.9 Å². The molecule has 2 aliphatic heterocycles. The molecule has 0 spiro atoms. The van der Waals surface area contributed by atoms with Gasteiger partial charge in [-0.1, -0.05) is 11.6 Å². The third-order valence-electron chi connectivity index (χ3n) is 5.46. The molecule has 2 saturated heterocycles. The van der Waals surface area contributed by atoms with E-state index in [1.54, 1.807) is 0 Å². The molecular weight excluding hydrogens is 336 g/mol. The molecule has 2 fully saturated rings. The van der Waals surface area contributed by atoms with Crippen molar-refractivity contribution in [2.75, 3.05) is 26.2 Å². The highest BCUT2D eigenvalue weighted by Gasteiger charge is 2.29. The molecule has 0 bridgehead atoms. The van der Waals surface area contributed by atoms with Crippen LogP contribution in [0.15, 0.2) is 24.5 Å². The Bertz CT molecular complexity index is 745. The van der Waals surface area contributed by atoms with Gasteiger partial charge in [-0.05, 0) is 57.3 Å². The average molecular weight is 361 g/mol. The Morgan fingerprint density at radius 1 is 1.08 bits per heavy atom. The summed E-state index contributed by atoms with van der Waals surface area (Å²) in [4.78, 5) is 21.8. The zero-order chi connectivity index (χ0) is 17.2. The molecule has 1 amide bonds. The minimum atomic E-state index is 0.217. The van der Waals surface area contributed by atoms with Crippen molar-refractivity contribution >= 4 is 23.2 Å². The molecule has 25 heavy (non-hydrogen) atoms. The number of imidazole rings is 1. The lowest BCUT2D eigenvalue weighted by atomic mass is 9.94. The fraction of sp³-hybridized carbons (Fsp3) is 0.579. The second-order valence-corrected chi connectivity index (χ2v) is 7.72. The first kappa shape index (κ1) is 16.9. The summed E-state index contributed by atoms with van der Waals surface area (Å²) in [6.07, 6.45) is 9.48. The molecule has 4 heterocycles. The maximum absolute atomic E-state index is 12.6. The number of amides is 1. The largest absolute Gasteiger partial charge is 0.342 e. The predicted molar refractivity (Wildman–Crippen MR) is 98.6 cm³/mol. The lowest BCUT2D eigenvalue weighted by Gasteiger charge is -2.35. The molecule has 0 radical (unpaired) electrons. The molecule has 0 unspecified atom stereocenters. The zero-order valence-electron chi connectivity index (χ0n) is 14.5. The van der Waals surface area contributed by atoms with E-state index in [1.165, 1.54) is 19.3 Å². The molecule has 134 valence electrons. The number of likely N-dealkylation sites (tertiary alicyclic amines) is 2. The van der Waals surface area contributed by atoms with Crippen LogP contribution >= 0.6 is 11.6 Å². The molecule has 0 aromatic carbocycles. The number of piperidine rings is 2. The van der Waals surface area contributed by atoms with Crippen molar-refractivity contribution in [3.05, 3.63) is 35.2 Å². The van der Waals surface area contributed by atoms with Crippen LogP contribution in [0, 0.1) is 5.92 Å². The van der Waals surface area contributed by atoms with E-state index in [0.29, 0.717) is 10.9 Å². The minimum Gasteiger partial charge on any atom is -0.342 e. The van der Waals surface area contributed by atoms with Crippen molar-refractivity contribution in [1.82, 2.24) is 19.2 Å². The number of hydrogen-bond donors (Lipinski definition) is 0. The standard InChI is InChI=1S/C19H25ClN4O/c20-16-4-5-18-21-17(14-24(18)12-16)13-22-10-6-15(7-11-22)19(25)23-8-2-1-3-9-23/h4-5,12,14-15H,1-3,6-11,13H2. The van der Waals surface area contributed by atoms with Gasteiger partial charge in [0, 0.05) is 37.9 Å². The summed E-state index contributed by atoms with van der Waals surface area (Å²) in [6, 6.07) is 3.81. The summed E-state index contributed by atoms with van der Waals surface area (Å²) in [5.74, 6) is 0.607. The summed E-state index contributed by atoms with van der Waals surface area (Å²) in [6.45, 7) is 4.70. The summed E-state index contributed by atoms with van der Waals surface area (Å²) < 4.78 is 1.98. The van der Waals surface area contributed by atoms with Crippen LogP contribution in [-0.4, -0.2) is 51.3 Å². The summed E-state index contributed by atoms with van der Waals surface area (Å²) in [7, 11) is 0. The minimum absolute atomic E-state index is 0.217. The normalized spacial score (nSPS) is 20.3. The molecule has 0 N–H and O–H groups in total. The topological polar surface area (TPSA) is 40.9 Å². The second kappa shape index (κ2) is 7.34. The van der Waals surface area contributed by atoms with Gasteiger partial charge in [0.25, 0.3) is 0 Å². The van der Waals surface area contributed by atoms with Gasteiger partial charge >= 0.3 is 0 Å². The van der Waals surface area contributed by atoms with Crippen LogP contribution in [0.5, 0.6) is 0 Å². The first-order valence-electron chi connectivity index (χ1n) is 9.33. The van der Waals surface area contributed by atoms with E-state index in [1.807, 2.05) is 28.9 Å². The number of aromatic nitrogens is 2. The van der Waals surface area contributed by atoms with Gasteiger partial charge in [-0.3, -0.25) is 9.69 Å². The molecule has 6 heteroatoms. The van der Waals surface area contributed by atoms with Gasteiger partial charge < -0.3 is 9.30 Å². The van der Waals surface area contributed by atoms with Crippen LogP contribution in [-0.2, 0) is 11.3 Å². The average Bonchev–Trinajstić information content (AvgIpc) is 3.04. The number of rotatable bonds is 3. The fourth-order valence-corrected chi connectivity index (χ4v) is 4.20. The third-order valence-corrected chi connectivity index (χ3v) is 5.68. The number of hydrogen-bond acceptors (Lipinski definition) is 3. The monoisotopic (exact) mass is 360 g/mol. The lowest BCUT2D eigenvalue weighted by Crippen LogP contribution is -2.44. The van der Waals surface area contributed by atoms with E-state index in [4.69, 9.17) is 11.6 Å². The van der Waals surface area contributed by atoms with Crippen molar-refractivity contribution in [2.24, 2.45) is 5.92 Å². The van der Waals surface area contributed by atoms with E-state index in [2.05, 4.69) is 14.8 Å². The van der Waals surface area contributed by atoms with Gasteiger partial charge in [-0.2, -0.15) is 0 Å². The highest BCUT2D eigenvalue weighted by atomic mass is 35.5. The maximum atomic E-state index is 12.6. The zero-order valence-corrected chi connectivity index (χ0v) is 15.3. The van der Waals surface area contributed by atoms with E-state index < -0.39 is 0 Å². The Balaban J connectivity index is 1.32. The van der Waals surface area contributed by atoms with Crippen LogP contribution in [0.25, 0.3) is 5.65 Å². The first-order chi connectivity index (χ1) is 12.2. The van der Waals surface area contributed by atoms with Gasteiger partial charge in [0.2, 0.25) is 5.91 Å².